The maximum atomic E-state index is 14.1. The second-order valence-corrected chi connectivity index (χ2v) is 14.6. The number of rotatable bonds is 14. The van der Waals surface area contributed by atoms with E-state index in [4.69, 9.17) is 53.8 Å². The van der Waals surface area contributed by atoms with Gasteiger partial charge < -0.3 is 18.9 Å². The van der Waals surface area contributed by atoms with Gasteiger partial charge in [-0.05, 0) is 108 Å². The van der Waals surface area contributed by atoms with Crippen LogP contribution in [-0.4, -0.2) is 44.7 Å². The fraction of sp³-hybridized carbons (Fsp3) is 0.273. The minimum absolute atomic E-state index is 0.0243. The number of esters is 2. The minimum Gasteiger partial charge on any atom is -0.488 e. The zero-order valence-corrected chi connectivity index (χ0v) is 35.5. The van der Waals surface area contributed by atoms with Gasteiger partial charge in [0.25, 0.3) is 0 Å². The smallest absolute Gasteiger partial charge is 0.358 e. The molecular formula is C44H43Cl3F2N4O6. The van der Waals surface area contributed by atoms with Crippen LogP contribution in [-0.2, 0) is 22.7 Å². The number of ether oxygens (including phenoxy) is 4. The fourth-order valence-electron chi connectivity index (χ4n) is 6.15. The van der Waals surface area contributed by atoms with Crippen LogP contribution >= 0.6 is 34.8 Å². The summed E-state index contributed by atoms with van der Waals surface area (Å²) in [6, 6.07) is 24.1. The first-order valence-corrected chi connectivity index (χ1v) is 19.8. The molecule has 0 fully saturated rings. The van der Waals surface area contributed by atoms with Gasteiger partial charge in [0.15, 0.2) is 11.4 Å². The molecular weight excluding hydrogens is 825 g/mol. The molecule has 0 bridgehead atoms. The number of aromatic nitrogens is 4. The lowest BCUT2D eigenvalue weighted by molar-refractivity contribution is 0.0509. The Morgan fingerprint density at radius 1 is 0.610 bits per heavy atom. The Hall–Kier alpha value is -5.43. The molecule has 2 atom stereocenters. The molecule has 15 heteroatoms. The highest BCUT2D eigenvalue weighted by Crippen LogP contribution is 2.34. The third-order valence-corrected chi connectivity index (χ3v) is 9.84. The Bertz CT molecular complexity index is 2420. The Morgan fingerprint density at radius 3 is 1.47 bits per heavy atom. The van der Waals surface area contributed by atoms with E-state index in [0.717, 1.165) is 22.5 Å². The molecule has 0 aliphatic rings. The van der Waals surface area contributed by atoms with Gasteiger partial charge in [0.05, 0.1) is 25.3 Å². The van der Waals surface area contributed by atoms with Crippen LogP contribution in [0, 0.1) is 25.5 Å². The molecule has 6 rings (SSSR count). The molecule has 310 valence electrons. The summed E-state index contributed by atoms with van der Waals surface area (Å²) in [5.74, 6) is -0.603. The third kappa shape index (κ3) is 11.4. The van der Waals surface area contributed by atoms with E-state index in [1.54, 1.807) is 102 Å². The maximum absolute atomic E-state index is 14.1. The van der Waals surface area contributed by atoms with E-state index >= 15 is 0 Å². The van der Waals surface area contributed by atoms with Crippen LogP contribution in [0.2, 0.25) is 15.1 Å². The van der Waals surface area contributed by atoms with Gasteiger partial charge in [-0.25, -0.2) is 18.4 Å². The monoisotopic (exact) mass is 866 g/mol. The molecule has 2 unspecified atom stereocenters. The van der Waals surface area contributed by atoms with E-state index < -0.39 is 17.8 Å². The molecule has 0 saturated heterocycles. The number of hydrogen-bond acceptors (Lipinski definition) is 8. The largest absolute Gasteiger partial charge is 0.488 e. The molecule has 59 heavy (non-hydrogen) atoms. The molecule has 0 spiro atoms. The van der Waals surface area contributed by atoms with Crippen LogP contribution in [0.25, 0.3) is 0 Å². The van der Waals surface area contributed by atoms with Gasteiger partial charge in [-0.1, -0.05) is 59.1 Å². The van der Waals surface area contributed by atoms with E-state index in [-0.39, 0.29) is 55.7 Å². The average molecular weight is 868 g/mol. The molecule has 2 aromatic heterocycles. The normalized spacial score (nSPS) is 11.9. The van der Waals surface area contributed by atoms with E-state index in [2.05, 4.69) is 10.2 Å². The number of benzene rings is 4. The first-order valence-electron chi connectivity index (χ1n) is 18.7. The first kappa shape index (κ1) is 44.7. The van der Waals surface area contributed by atoms with E-state index in [9.17, 15) is 18.4 Å². The van der Waals surface area contributed by atoms with Crippen molar-refractivity contribution in [3.05, 3.63) is 163 Å². The molecule has 0 aliphatic carbocycles. The Kier molecular flexibility index (Phi) is 15.5. The molecule has 0 amide bonds. The third-order valence-electron chi connectivity index (χ3n) is 9.13. The zero-order valence-electron chi connectivity index (χ0n) is 33.3. The summed E-state index contributed by atoms with van der Waals surface area (Å²) in [6.07, 6.45) is 0. The van der Waals surface area contributed by atoms with Crippen molar-refractivity contribution in [3.63, 3.8) is 0 Å². The number of carbonyl (C=O) groups is 2. The summed E-state index contributed by atoms with van der Waals surface area (Å²) in [6.45, 7) is 11.7. The minimum atomic E-state index is -0.479. The molecule has 6 aromatic rings. The second kappa shape index (κ2) is 20.5. The number of nitrogens with zero attached hydrogens (tertiary/aromatic N) is 4. The Labute approximate surface area is 356 Å². The molecule has 4 aromatic carbocycles. The van der Waals surface area contributed by atoms with Gasteiger partial charge >= 0.3 is 11.9 Å². The average Bonchev–Trinajstić information content (AvgIpc) is 3.80. The van der Waals surface area contributed by atoms with Crippen molar-refractivity contribution in [3.8, 4) is 11.5 Å². The quantitative estimate of drug-likeness (QED) is 0.0997. The predicted octanol–water partition coefficient (Wildman–Crippen LogP) is 11.4. The summed E-state index contributed by atoms with van der Waals surface area (Å²) in [4.78, 5) is 24.0. The van der Waals surface area contributed by atoms with Crippen molar-refractivity contribution in [1.29, 1.82) is 0 Å². The highest BCUT2D eigenvalue weighted by molar-refractivity contribution is 6.31. The van der Waals surface area contributed by atoms with Crippen LogP contribution in [0.4, 0.5) is 8.78 Å². The number of halogens is 5. The van der Waals surface area contributed by atoms with E-state index in [1.807, 2.05) is 27.7 Å². The predicted molar refractivity (Wildman–Crippen MR) is 223 cm³/mol. The van der Waals surface area contributed by atoms with Crippen LogP contribution in [0.15, 0.2) is 91.0 Å². The van der Waals surface area contributed by atoms with Gasteiger partial charge in [0.2, 0.25) is 0 Å². The van der Waals surface area contributed by atoms with Crippen molar-refractivity contribution in [2.75, 3.05) is 13.2 Å². The van der Waals surface area contributed by atoms with Crippen molar-refractivity contribution < 1.29 is 37.3 Å². The lowest BCUT2D eigenvalue weighted by atomic mass is 10.1. The molecule has 2 heterocycles. The summed E-state index contributed by atoms with van der Waals surface area (Å²) in [5, 5.41) is 10.2. The number of aryl methyl sites for hydroxylation is 2. The first-order chi connectivity index (χ1) is 28.2. The molecule has 10 nitrogen and oxygen atoms in total. The van der Waals surface area contributed by atoms with E-state index in [1.165, 1.54) is 12.1 Å². The SMILES string of the molecule is CCOC(=O)c1cc(C)n(C(C)c2cc(Cl)ccc2OCc2ccc(Cl)cc2F)n1.CCOC(=O)c1cc(C)n(C(C)c2cc(Cl)ccc2OCc2ccccc2F)n1. The highest BCUT2D eigenvalue weighted by atomic mass is 35.5. The fourth-order valence-corrected chi connectivity index (χ4v) is 6.67. The number of carbonyl (C=O) groups excluding carboxylic acids is 2. The van der Waals surface area contributed by atoms with Gasteiger partial charge in [-0.15, -0.1) is 0 Å². The standard InChI is InChI=1S/C22H21Cl2FN2O3.C22H22ClFN2O3/c1-4-29-22(28)20-9-13(2)27(26-20)14(3)18-10-16(23)7-8-21(18)30-12-15-5-6-17(24)11-19(15)25;1-4-28-22(27)20-11-14(2)26(25-20)15(3)18-12-17(23)9-10-21(18)29-13-16-7-5-6-8-19(16)24/h5-11,14H,4,12H2,1-3H3;5-12,15H,4,13H2,1-3H3. The maximum Gasteiger partial charge on any atom is 0.358 e. The van der Waals surface area contributed by atoms with Crippen molar-refractivity contribution in [1.82, 2.24) is 19.6 Å². The van der Waals surface area contributed by atoms with Crippen molar-refractivity contribution >= 4 is 46.7 Å². The van der Waals surface area contributed by atoms with Crippen LogP contribution in [0.3, 0.4) is 0 Å². The topological polar surface area (TPSA) is 107 Å². The summed E-state index contributed by atoms with van der Waals surface area (Å²) < 4.78 is 53.3. The lowest BCUT2D eigenvalue weighted by Crippen LogP contribution is -2.13. The van der Waals surface area contributed by atoms with Crippen molar-refractivity contribution in [2.45, 2.75) is 66.8 Å². The lowest BCUT2D eigenvalue weighted by Gasteiger charge is -2.19. The summed E-state index contributed by atoms with van der Waals surface area (Å²) >= 11 is 18.2. The van der Waals surface area contributed by atoms with Crippen LogP contribution < -0.4 is 9.47 Å². The van der Waals surface area contributed by atoms with Gasteiger partial charge in [-0.2, -0.15) is 10.2 Å². The van der Waals surface area contributed by atoms with Crippen LogP contribution in [0.5, 0.6) is 11.5 Å². The Balaban J connectivity index is 0.000000224. The summed E-state index contributed by atoms with van der Waals surface area (Å²) in [5.41, 5.74) is 4.41. The highest BCUT2D eigenvalue weighted by Gasteiger charge is 2.23. The summed E-state index contributed by atoms with van der Waals surface area (Å²) in [7, 11) is 0. The molecule has 0 saturated carbocycles. The Morgan fingerprint density at radius 2 is 1.03 bits per heavy atom. The van der Waals surface area contributed by atoms with Crippen molar-refractivity contribution in [2.24, 2.45) is 0 Å². The zero-order chi connectivity index (χ0) is 42.8. The van der Waals surface area contributed by atoms with Crippen LogP contribution in [0.1, 0.15) is 94.4 Å². The van der Waals surface area contributed by atoms with E-state index in [0.29, 0.717) is 37.7 Å². The second-order valence-electron chi connectivity index (χ2n) is 13.3. The van der Waals surface area contributed by atoms with Gasteiger partial charge in [0, 0.05) is 48.7 Å². The molecule has 0 radical (unpaired) electrons. The van der Waals surface area contributed by atoms with Gasteiger partial charge in [-0.3, -0.25) is 9.36 Å². The number of hydrogen-bond donors (Lipinski definition) is 0. The molecule has 0 aliphatic heterocycles. The van der Waals surface area contributed by atoms with Gasteiger partial charge in [0.1, 0.15) is 36.3 Å². The molecule has 0 N–H and O–H groups in total.